The van der Waals surface area contributed by atoms with Gasteiger partial charge in [-0.3, -0.25) is 0 Å². The van der Waals surface area contributed by atoms with Crippen LogP contribution in [0.3, 0.4) is 0 Å². The highest BCUT2D eigenvalue weighted by molar-refractivity contribution is 6.33. The van der Waals surface area contributed by atoms with Gasteiger partial charge in [0.05, 0.1) is 17.2 Å². The van der Waals surface area contributed by atoms with E-state index in [1.54, 1.807) is 6.07 Å². The number of nitrogens with zero attached hydrogens (tertiary/aromatic N) is 1. The van der Waals surface area contributed by atoms with Gasteiger partial charge in [0.2, 0.25) is 0 Å². The highest BCUT2D eigenvalue weighted by Crippen LogP contribution is 2.34. The van der Waals surface area contributed by atoms with E-state index in [1.807, 2.05) is 6.92 Å². The zero-order chi connectivity index (χ0) is 25.3. The molecular formula is C29H43ClFNO3. The molecule has 4 nitrogen and oxygen atoms in total. The monoisotopic (exact) mass is 507 g/mol. The fourth-order valence-electron chi connectivity index (χ4n) is 4.36. The van der Waals surface area contributed by atoms with Crippen molar-refractivity contribution in [1.82, 2.24) is 5.16 Å². The topological polar surface area (TPSA) is 52.3 Å². The summed E-state index contributed by atoms with van der Waals surface area (Å²) < 4.78 is 25.3. The molecule has 0 saturated heterocycles. The van der Waals surface area contributed by atoms with Crippen LogP contribution in [-0.4, -0.2) is 17.7 Å². The van der Waals surface area contributed by atoms with E-state index >= 15 is 0 Å². The predicted octanol–water partition coefficient (Wildman–Crippen LogP) is 9.72. The maximum Gasteiger partial charge on any atom is 0.344 e. The normalized spacial score (nSPS) is 11.2. The number of carbonyl (C=O) groups excluding carboxylic acids is 1. The number of benzene rings is 1. The average Bonchev–Trinajstić information content (AvgIpc) is 3.24. The molecule has 6 heteroatoms. The number of hydrogen-bond donors (Lipinski definition) is 0. The van der Waals surface area contributed by atoms with Crippen LogP contribution in [-0.2, 0) is 11.2 Å². The molecule has 0 fully saturated rings. The average molecular weight is 508 g/mol. The van der Waals surface area contributed by atoms with Gasteiger partial charge in [0.25, 0.3) is 0 Å². The van der Waals surface area contributed by atoms with Crippen LogP contribution in [0.4, 0.5) is 4.39 Å². The van der Waals surface area contributed by atoms with Gasteiger partial charge in [0, 0.05) is 6.42 Å². The first kappa shape index (κ1) is 29.4. The third kappa shape index (κ3) is 10.3. The summed E-state index contributed by atoms with van der Waals surface area (Å²) in [7, 11) is 0. The van der Waals surface area contributed by atoms with Crippen molar-refractivity contribution in [3.05, 3.63) is 40.4 Å². The number of halogens is 2. The zero-order valence-corrected chi connectivity index (χ0v) is 22.4. The summed E-state index contributed by atoms with van der Waals surface area (Å²) in [6, 6.07) is 4.37. The van der Waals surface area contributed by atoms with Crippen molar-refractivity contribution < 1.29 is 18.4 Å². The third-order valence-electron chi connectivity index (χ3n) is 6.37. The van der Waals surface area contributed by atoms with Crippen LogP contribution in [0.25, 0.3) is 11.3 Å². The zero-order valence-electron chi connectivity index (χ0n) is 21.7. The number of hydrogen-bond acceptors (Lipinski definition) is 4. The Hall–Kier alpha value is -1.88. The maximum atomic E-state index is 14.5. The van der Waals surface area contributed by atoms with E-state index in [2.05, 4.69) is 12.1 Å². The highest BCUT2D eigenvalue weighted by atomic mass is 35.5. The number of ether oxygens (including phenoxy) is 1. The van der Waals surface area contributed by atoms with Crippen LogP contribution in [0, 0.1) is 5.82 Å². The second-order valence-corrected chi connectivity index (χ2v) is 9.82. The van der Waals surface area contributed by atoms with Crippen molar-refractivity contribution in [3.8, 4) is 11.3 Å². The van der Waals surface area contributed by atoms with Crippen molar-refractivity contribution in [3.63, 3.8) is 0 Å². The Morgan fingerprint density at radius 1 is 0.886 bits per heavy atom. The SMILES string of the molecule is CCCCCCCCCCCCCCCCOC(=O)c1c(-c2c(F)cccc2Cl)noc1CCC. The fourth-order valence-corrected chi connectivity index (χ4v) is 4.61. The van der Waals surface area contributed by atoms with Gasteiger partial charge in [0.15, 0.2) is 5.76 Å². The lowest BCUT2D eigenvalue weighted by Gasteiger charge is -2.08. The summed E-state index contributed by atoms with van der Waals surface area (Å²) in [6.07, 6.45) is 19.1. The molecule has 0 aliphatic rings. The van der Waals surface area contributed by atoms with Crippen LogP contribution >= 0.6 is 11.6 Å². The van der Waals surface area contributed by atoms with E-state index in [-0.39, 0.29) is 21.8 Å². The van der Waals surface area contributed by atoms with Gasteiger partial charge >= 0.3 is 5.97 Å². The quantitative estimate of drug-likeness (QED) is 0.140. The minimum absolute atomic E-state index is 0.0729. The summed E-state index contributed by atoms with van der Waals surface area (Å²) in [5.74, 6) is -0.665. The molecule has 1 heterocycles. The Labute approximate surface area is 215 Å². The summed E-state index contributed by atoms with van der Waals surface area (Å²) >= 11 is 6.20. The van der Waals surface area contributed by atoms with Crippen LogP contribution < -0.4 is 0 Å². The Morgan fingerprint density at radius 2 is 1.46 bits per heavy atom. The van der Waals surface area contributed by atoms with Crippen molar-refractivity contribution in [2.45, 2.75) is 117 Å². The van der Waals surface area contributed by atoms with Gasteiger partial charge in [-0.25, -0.2) is 9.18 Å². The molecule has 35 heavy (non-hydrogen) atoms. The molecule has 2 aromatic rings. The van der Waals surface area contributed by atoms with Crippen LogP contribution in [0.2, 0.25) is 5.02 Å². The van der Waals surface area contributed by atoms with Crippen molar-refractivity contribution in [2.75, 3.05) is 6.61 Å². The van der Waals surface area contributed by atoms with E-state index in [1.165, 1.54) is 82.8 Å². The van der Waals surface area contributed by atoms with E-state index in [0.717, 1.165) is 25.7 Å². The van der Waals surface area contributed by atoms with Crippen LogP contribution in [0.1, 0.15) is 126 Å². The van der Waals surface area contributed by atoms with Gasteiger partial charge in [-0.2, -0.15) is 0 Å². The molecule has 196 valence electrons. The molecule has 0 N–H and O–H groups in total. The molecule has 0 saturated carbocycles. The van der Waals surface area contributed by atoms with Crippen molar-refractivity contribution in [1.29, 1.82) is 0 Å². The second-order valence-electron chi connectivity index (χ2n) is 9.41. The highest BCUT2D eigenvalue weighted by Gasteiger charge is 2.27. The molecule has 0 spiro atoms. The van der Waals surface area contributed by atoms with Crippen molar-refractivity contribution in [2.24, 2.45) is 0 Å². The van der Waals surface area contributed by atoms with Crippen molar-refractivity contribution >= 4 is 17.6 Å². The Bertz CT molecular complexity index is 847. The van der Waals surface area contributed by atoms with E-state index < -0.39 is 11.8 Å². The number of rotatable bonds is 19. The van der Waals surface area contributed by atoms with Gasteiger partial charge in [0.1, 0.15) is 17.1 Å². The molecule has 0 aliphatic carbocycles. The number of carbonyl (C=O) groups is 1. The lowest BCUT2D eigenvalue weighted by Crippen LogP contribution is -2.10. The van der Waals surface area contributed by atoms with E-state index in [4.69, 9.17) is 20.9 Å². The summed E-state index contributed by atoms with van der Waals surface area (Å²) in [4.78, 5) is 12.9. The third-order valence-corrected chi connectivity index (χ3v) is 6.69. The van der Waals surface area contributed by atoms with Gasteiger partial charge < -0.3 is 9.26 Å². The first-order valence-corrected chi connectivity index (χ1v) is 14.1. The summed E-state index contributed by atoms with van der Waals surface area (Å²) in [5.41, 5.74) is 0.371. The molecule has 0 radical (unpaired) electrons. The van der Waals surface area contributed by atoms with Gasteiger partial charge in [-0.05, 0) is 25.0 Å². The number of aryl methyl sites for hydroxylation is 1. The molecule has 1 aromatic heterocycles. The molecule has 0 bridgehead atoms. The largest absolute Gasteiger partial charge is 0.462 e. The first-order valence-electron chi connectivity index (χ1n) is 13.7. The molecule has 0 aliphatic heterocycles. The number of aromatic nitrogens is 1. The maximum absolute atomic E-state index is 14.5. The molecule has 1 aromatic carbocycles. The van der Waals surface area contributed by atoms with Gasteiger partial charge in [-0.15, -0.1) is 0 Å². The standard InChI is InChI=1S/C29H43ClFNO3/c1-3-5-6-7-8-9-10-11-12-13-14-15-16-17-22-34-29(33)27-25(19-4-2)35-32-28(27)26-23(30)20-18-21-24(26)31/h18,20-21H,3-17,19,22H2,1-2H3. The number of unbranched alkanes of at least 4 members (excludes halogenated alkanes) is 13. The van der Waals surface area contributed by atoms with Crippen LogP contribution in [0.5, 0.6) is 0 Å². The fraction of sp³-hybridized carbons (Fsp3) is 0.655. The molecule has 0 unspecified atom stereocenters. The molecule has 2 rings (SSSR count). The smallest absolute Gasteiger partial charge is 0.344 e. The minimum atomic E-state index is -0.546. The summed E-state index contributed by atoms with van der Waals surface area (Å²) in [5, 5.41) is 4.15. The van der Waals surface area contributed by atoms with Crippen LogP contribution in [0.15, 0.2) is 22.7 Å². The molecule has 0 atom stereocenters. The Morgan fingerprint density at radius 3 is 2.00 bits per heavy atom. The molecular weight excluding hydrogens is 465 g/mol. The van der Waals surface area contributed by atoms with E-state index in [0.29, 0.717) is 18.8 Å². The Balaban J connectivity index is 1.67. The molecule has 0 amide bonds. The minimum Gasteiger partial charge on any atom is -0.462 e. The Kier molecular flexibility index (Phi) is 14.7. The summed E-state index contributed by atoms with van der Waals surface area (Å²) in [6.45, 7) is 4.57. The number of esters is 1. The predicted molar refractivity (Wildman–Crippen MR) is 141 cm³/mol. The second kappa shape index (κ2) is 17.5. The first-order chi connectivity index (χ1) is 17.1. The van der Waals surface area contributed by atoms with E-state index in [9.17, 15) is 9.18 Å². The lowest BCUT2D eigenvalue weighted by molar-refractivity contribution is 0.0496. The van der Waals surface area contributed by atoms with Gasteiger partial charge in [-0.1, -0.05) is 120 Å². The lowest BCUT2D eigenvalue weighted by atomic mass is 10.0.